The zero-order valence-corrected chi connectivity index (χ0v) is 20.5. The fraction of sp³-hybridized carbons (Fsp3) is 0.417. The number of hydrogen-bond donors (Lipinski definition) is 3. The highest BCUT2D eigenvalue weighted by Crippen LogP contribution is 2.40. The summed E-state index contributed by atoms with van der Waals surface area (Å²) in [5.41, 5.74) is 7.70. The number of nitrogens with two attached hydrogens (primary N) is 1. The third-order valence-electron chi connectivity index (χ3n) is 5.13. The van der Waals surface area contributed by atoms with E-state index in [2.05, 4.69) is 34.8 Å². The molecule has 0 saturated carbocycles. The predicted octanol–water partition coefficient (Wildman–Crippen LogP) is 3.94. The van der Waals surface area contributed by atoms with Crippen molar-refractivity contribution in [2.24, 2.45) is 5.73 Å². The minimum absolute atomic E-state index is 0.207. The molecule has 1 fully saturated rings. The molecule has 2 aromatic heterocycles. The molecular weight excluding hydrogens is 457 g/mol. The van der Waals surface area contributed by atoms with Crippen LogP contribution in [0.1, 0.15) is 51.6 Å². The molecule has 184 valence electrons. The van der Waals surface area contributed by atoms with Crippen molar-refractivity contribution >= 4 is 23.7 Å². The topological polar surface area (TPSA) is 125 Å². The molecule has 1 unspecified atom stereocenters. The van der Waals surface area contributed by atoms with Crippen LogP contribution >= 0.6 is 11.3 Å². The van der Waals surface area contributed by atoms with E-state index in [9.17, 15) is 14.3 Å². The zero-order valence-electron chi connectivity index (χ0n) is 19.7. The van der Waals surface area contributed by atoms with Crippen molar-refractivity contribution in [3.63, 3.8) is 0 Å². The monoisotopic (exact) mass is 489 g/mol. The summed E-state index contributed by atoms with van der Waals surface area (Å²) in [4.78, 5) is 26.8. The molecule has 1 aromatic carbocycles. The maximum absolute atomic E-state index is 13.3. The number of nitrogens with one attached hydrogen (secondary N) is 1. The molecule has 2 amide bonds. The first-order valence-corrected chi connectivity index (χ1v) is 12.1. The van der Waals surface area contributed by atoms with E-state index in [-0.39, 0.29) is 24.1 Å². The Morgan fingerprint density at radius 3 is 2.41 bits per heavy atom. The van der Waals surface area contributed by atoms with Crippen LogP contribution < -0.4 is 5.73 Å². The summed E-state index contributed by atoms with van der Waals surface area (Å²) in [7, 11) is 0. The summed E-state index contributed by atoms with van der Waals surface area (Å²) in [6.07, 6.45) is 3.85. The Morgan fingerprint density at radius 2 is 1.91 bits per heavy atom. The largest absolute Gasteiger partial charge is 0.384 e. The fourth-order valence-electron chi connectivity index (χ4n) is 3.68. The van der Waals surface area contributed by atoms with E-state index in [1.807, 2.05) is 5.38 Å². The standard InChI is InChI=1S/C20H21FN4O2S.C3H8.CH3NO/c1-12(26)20(27)25-9-6-14(7-10-25)18-16(19-22-8-11-28-19)17(23-24-18)13-2-4-15(21)5-3-13;1-3-2;2-1-3/h2-5,8,11-12,14,26H,6-7,9-10H2,1H3,(H,23,24);3H2,1-2H3;1H,(H2,2,3). The van der Waals surface area contributed by atoms with E-state index >= 15 is 0 Å². The lowest BCUT2D eigenvalue weighted by Crippen LogP contribution is -2.42. The van der Waals surface area contributed by atoms with Gasteiger partial charge in [0.1, 0.15) is 22.6 Å². The van der Waals surface area contributed by atoms with Crippen LogP contribution in [-0.2, 0) is 9.59 Å². The number of aliphatic hydroxyl groups is 1. The van der Waals surface area contributed by atoms with Gasteiger partial charge in [0.2, 0.25) is 6.41 Å². The first-order valence-electron chi connectivity index (χ1n) is 11.2. The number of aliphatic hydroxyl groups excluding tert-OH is 1. The molecule has 10 heteroatoms. The molecule has 1 aliphatic heterocycles. The van der Waals surface area contributed by atoms with E-state index in [0.29, 0.717) is 13.1 Å². The van der Waals surface area contributed by atoms with Crippen LogP contribution in [0, 0.1) is 5.82 Å². The number of piperidine rings is 1. The second kappa shape index (κ2) is 13.6. The number of carbonyl (C=O) groups is 2. The third kappa shape index (κ3) is 6.94. The molecule has 1 saturated heterocycles. The smallest absolute Gasteiger partial charge is 0.251 e. The van der Waals surface area contributed by atoms with Gasteiger partial charge in [-0.2, -0.15) is 5.10 Å². The highest BCUT2D eigenvalue weighted by molar-refractivity contribution is 7.13. The maximum atomic E-state index is 13.3. The number of hydrogen-bond acceptors (Lipinski definition) is 6. The highest BCUT2D eigenvalue weighted by Gasteiger charge is 2.30. The Balaban J connectivity index is 0.000000618. The zero-order chi connectivity index (χ0) is 25.1. The maximum Gasteiger partial charge on any atom is 0.251 e. The van der Waals surface area contributed by atoms with Gasteiger partial charge in [-0.3, -0.25) is 14.7 Å². The molecule has 34 heavy (non-hydrogen) atoms. The van der Waals surface area contributed by atoms with Crippen LogP contribution in [-0.4, -0.2) is 56.7 Å². The first kappa shape index (κ1) is 27.1. The summed E-state index contributed by atoms with van der Waals surface area (Å²) in [6, 6.07) is 6.29. The van der Waals surface area contributed by atoms with Gasteiger partial charge >= 0.3 is 0 Å². The van der Waals surface area contributed by atoms with E-state index in [1.165, 1.54) is 36.8 Å². The molecule has 3 aromatic rings. The molecule has 0 aliphatic carbocycles. The van der Waals surface area contributed by atoms with Crippen molar-refractivity contribution in [3.8, 4) is 21.8 Å². The van der Waals surface area contributed by atoms with Gasteiger partial charge in [0.05, 0.1) is 5.56 Å². The number of H-pyrrole nitrogens is 1. The van der Waals surface area contributed by atoms with Crippen molar-refractivity contribution in [1.29, 1.82) is 0 Å². The van der Waals surface area contributed by atoms with E-state index in [1.54, 1.807) is 23.2 Å². The van der Waals surface area contributed by atoms with Crippen LogP contribution in [0.4, 0.5) is 4.39 Å². The second-order valence-electron chi connectivity index (χ2n) is 7.82. The lowest BCUT2D eigenvalue weighted by Gasteiger charge is -2.32. The second-order valence-corrected chi connectivity index (χ2v) is 8.72. The number of amides is 2. The number of aromatic nitrogens is 3. The average Bonchev–Trinajstić information content (AvgIpc) is 3.50. The third-order valence-corrected chi connectivity index (χ3v) is 5.92. The van der Waals surface area contributed by atoms with Crippen molar-refractivity contribution in [2.45, 2.75) is 52.1 Å². The molecule has 4 rings (SSSR count). The molecule has 1 atom stereocenters. The minimum atomic E-state index is -0.973. The van der Waals surface area contributed by atoms with Gasteiger partial charge in [0.15, 0.2) is 0 Å². The molecule has 0 spiro atoms. The predicted molar refractivity (Wildman–Crippen MR) is 132 cm³/mol. The normalized spacial score (nSPS) is 14.3. The van der Waals surface area contributed by atoms with E-state index in [0.717, 1.165) is 40.4 Å². The SMILES string of the molecule is CC(O)C(=O)N1CCC(c2[nH]nc(-c3ccc(F)cc3)c2-c2nccs2)CC1.CCC.NC=O. The van der Waals surface area contributed by atoms with Crippen molar-refractivity contribution in [1.82, 2.24) is 20.1 Å². The van der Waals surface area contributed by atoms with Crippen LogP contribution in [0.15, 0.2) is 35.8 Å². The van der Waals surface area contributed by atoms with Crippen LogP contribution in [0.5, 0.6) is 0 Å². The van der Waals surface area contributed by atoms with Crippen molar-refractivity contribution in [2.75, 3.05) is 13.1 Å². The summed E-state index contributed by atoms with van der Waals surface area (Å²) >= 11 is 1.54. The number of primary amides is 1. The molecule has 4 N–H and O–H groups in total. The molecule has 1 aliphatic rings. The molecule has 0 bridgehead atoms. The number of benzene rings is 1. The Morgan fingerprint density at radius 1 is 1.32 bits per heavy atom. The first-order chi connectivity index (χ1) is 16.4. The van der Waals surface area contributed by atoms with Gasteiger partial charge in [-0.05, 0) is 44.0 Å². The quantitative estimate of drug-likeness (QED) is 0.479. The summed E-state index contributed by atoms with van der Waals surface area (Å²) in [5.74, 6) is -0.306. The van der Waals surface area contributed by atoms with Gasteiger partial charge in [-0.25, -0.2) is 9.37 Å². The van der Waals surface area contributed by atoms with Crippen LogP contribution in [0.3, 0.4) is 0 Å². The van der Waals surface area contributed by atoms with Gasteiger partial charge in [-0.1, -0.05) is 20.3 Å². The molecular formula is C24H32FN5O3S. The Bertz CT molecular complexity index is 1010. The number of aromatic amines is 1. The number of rotatable bonds is 4. The van der Waals surface area contributed by atoms with Crippen molar-refractivity contribution < 1.29 is 19.1 Å². The molecule has 0 radical (unpaired) electrons. The number of likely N-dealkylation sites (tertiary alicyclic amines) is 1. The molecule has 3 heterocycles. The van der Waals surface area contributed by atoms with Gasteiger partial charge in [-0.15, -0.1) is 11.3 Å². The number of halogens is 1. The average molecular weight is 490 g/mol. The number of carbonyl (C=O) groups excluding carboxylic acids is 2. The Labute approximate surface area is 203 Å². The van der Waals surface area contributed by atoms with Crippen molar-refractivity contribution in [3.05, 3.63) is 47.4 Å². The summed E-state index contributed by atoms with van der Waals surface area (Å²) in [5, 5.41) is 20.0. The number of nitrogens with zero attached hydrogens (tertiary/aromatic N) is 3. The highest BCUT2D eigenvalue weighted by atomic mass is 32.1. The van der Waals surface area contributed by atoms with Gasteiger partial charge in [0, 0.05) is 41.8 Å². The van der Waals surface area contributed by atoms with Gasteiger partial charge < -0.3 is 15.7 Å². The lowest BCUT2D eigenvalue weighted by molar-refractivity contribution is -0.140. The summed E-state index contributed by atoms with van der Waals surface area (Å²) < 4.78 is 13.3. The van der Waals surface area contributed by atoms with Crippen LogP contribution in [0.25, 0.3) is 21.8 Å². The van der Waals surface area contributed by atoms with Crippen LogP contribution in [0.2, 0.25) is 0 Å². The Hall–Kier alpha value is -3.11. The van der Waals surface area contributed by atoms with Gasteiger partial charge in [0.25, 0.3) is 5.91 Å². The lowest BCUT2D eigenvalue weighted by atomic mass is 9.90. The summed E-state index contributed by atoms with van der Waals surface area (Å²) in [6.45, 7) is 6.94. The fourth-order valence-corrected chi connectivity index (χ4v) is 4.38. The number of thiazole rings is 1. The minimum Gasteiger partial charge on any atom is -0.384 e. The Kier molecular flexibility index (Phi) is 10.8. The molecule has 8 nitrogen and oxygen atoms in total. The van der Waals surface area contributed by atoms with E-state index < -0.39 is 6.10 Å². The van der Waals surface area contributed by atoms with E-state index in [4.69, 9.17) is 4.79 Å².